The lowest BCUT2D eigenvalue weighted by molar-refractivity contribution is -0.117. The Balaban J connectivity index is 1.64. The average Bonchev–Trinajstić information content (AvgIpc) is 3.06. The Morgan fingerprint density at radius 1 is 1.32 bits per heavy atom. The second-order valence-corrected chi connectivity index (χ2v) is 5.41. The van der Waals surface area contributed by atoms with E-state index in [4.69, 9.17) is 0 Å². The topological polar surface area (TPSA) is 102 Å². The van der Waals surface area contributed by atoms with E-state index in [-0.39, 0.29) is 18.4 Å². The lowest BCUT2D eigenvalue weighted by Gasteiger charge is -2.04. The summed E-state index contributed by atoms with van der Waals surface area (Å²) in [5, 5.41) is 13.1. The molecule has 0 aliphatic rings. The molecule has 3 aromatic rings. The number of fused-ring (bicyclic) bond motifs is 1. The molecule has 112 valence electrons. The van der Waals surface area contributed by atoms with Crippen molar-refractivity contribution < 1.29 is 9.59 Å². The zero-order valence-electron chi connectivity index (χ0n) is 11.6. The number of thiazole rings is 1. The molecule has 2 aromatic heterocycles. The number of carbonyl (C=O) groups is 2. The number of benzene rings is 1. The summed E-state index contributed by atoms with van der Waals surface area (Å²) in [6.07, 6.45) is 1.38. The fourth-order valence-electron chi connectivity index (χ4n) is 1.88. The third-order valence-electron chi connectivity index (χ3n) is 2.74. The number of nitrogens with zero attached hydrogens (tertiary/aromatic N) is 4. The van der Waals surface area contributed by atoms with E-state index in [1.165, 1.54) is 17.9 Å². The zero-order valence-corrected chi connectivity index (χ0v) is 12.4. The van der Waals surface area contributed by atoms with Crippen LogP contribution in [0.3, 0.4) is 0 Å². The molecule has 0 fully saturated rings. The minimum absolute atomic E-state index is 0.0469. The van der Waals surface area contributed by atoms with Gasteiger partial charge >= 0.3 is 0 Å². The van der Waals surface area contributed by atoms with Crippen LogP contribution in [-0.4, -0.2) is 31.8 Å². The molecule has 0 atom stereocenters. The van der Waals surface area contributed by atoms with Crippen molar-refractivity contribution in [2.75, 3.05) is 10.6 Å². The summed E-state index contributed by atoms with van der Waals surface area (Å²) in [5.74, 6) is -0.197. The van der Waals surface area contributed by atoms with Crippen molar-refractivity contribution in [3.05, 3.63) is 29.9 Å². The highest BCUT2D eigenvalue weighted by atomic mass is 32.1. The van der Waals surface area contributed by atoms with Gasteiger partial charge in [0.25, 0.3) is 0 Å². The lowest BCUT2D eigenvalue weighted by Crippen LogP contribution is -2.20. The highest BCUT2D eigenvalue weighted by Crippen LogP contribution is 2.21. The van der Waals surface area contributed by atoms with Crippen LogP contribution in [0.5, 0.6) is 0 Å². The Morgan fingerprint density at radius 3 is 3.00 bits per heavy atom. The highest BCUT2D eigenvalue weighted by Gasteiger charge is 2.08. The van der Waals surface area contributed by atoms with Gasteiger partial charge in [-0.15, -0.1) is 16.4 Å². The number of anilines is 2. The van der Waals surface area contributed by atoms with Crippen LogP contribution in [0.15, 0.2) is 29.9 Å². The van der Waals surface area contributed by atoms with Crippen LogP contribution in [0.2, 0.25) is 0 Å². The maximum atomic E-state index is 12.0. The minimum Gasteiger partial charge on any atom is -0.324 e. The van der Waals surface area contributed by atoms with Crippen molar-refractivity contribution in [2.45, 2.75) is 13.5 Å². The molecule has 22 heavy (non-hydrogen) atoms. The van der Waals surface area contributed by atoms with Crippen molar-refractivity contribution in [1.82, 2.24) is 20.0 Å². The summed E-state index contributed by atoms with van der Waals surface area (Å²) in [7, 11) is 0. The SMILES string of the molecule is CC(=O)Nc1cnn(CC(=O)Nc2ccc3scnc3c2)n1. The van der Waals surface area contributed by atoms with Crippen LogP contribution in [-0.2, 0) is 16.1 Å². The Kier molecular flexibility index (Phi) is 3.79. The molecule has 1 aromatic carbocycles. The van der Waals surface area contributed by atoms with Gasteiger partial charge in [0.05, 0.1) is 21.9 Å². The maximum absolute atomic E-state index is 12.0. The van der Waals surface area contributed by atoms with Crippen molar-refractivity contribution >= 4 is 44.9 Å². The second kappa shape index (κ2) is 5.90. The van der Waals surface area contributed by atoms with E-state index in [1.807, 2.05) is 18.2 Å². The molecule has 8 nitrogen and oxygen atoms in total. The molecule has 0 aliphatic heterocycles. The molecule has 0 radical (unpaired) electrons. The summed E-state index contributed by atoms with van der Waals surface area (Å²) < 4.78 is 1.06. The van der Waals surface area contributed by atoms with E-state index in [0.29, 0.717) is 11.5 Å². The molecule has 0 saturated heterocycles. The molecule has 0 spiro atoms. The normalized spacial score (nSPS) is 10.6. The number of hydrogen-bond donors (Lipinski definition) is 2. The standard InChI is InChI=1S/C13H12N6O2S/c1-8(20)16-12-5-15-19(18-12)6-13(21)17-9-2-3-11-10(4-9)14-7-22-11/h2-5,7H,6H2,1H3,(H,17,21)(H,16,18,20). The number of nitrogens with one attached hydrogen (secondary N) is 2. The summed E-state index contributed by atoms with van der Waals surface area (Å²) >= 11 is 1.54. The molecule has 3 rings (SSSR count). The van der Waals surface area contributed by atoms with Gasteiger partial charge in [0.2, 0.25) is 11.8 Å². The molecular formula is C13H12N6O2S. The summed E-state index contributed by atoms with van der Waals surface area (Å²) in [6.45, 7) is 1.33. The summed E-state index contributed by atoms with van der Waals surface area (Å²) in [6, 6.07) is 5.53. The molecule has 0 unspecified atom stereocenters. The van der Waals surface area contributed by atoms with Gasteiger partial charge in [0.15, 0.2) is 5.82 Å². The van der Waals surface area contributed by atoms with Crippen LogP contribution in [0.25, 0.3) is 10.2 Å². The number of hydrogen-bond acceptors (Lipinski definition) is 6. The molecule has 0 aliphatic carbocycles. The Bertz CT molecular complexity index is 840. The monoisotopic (exact) mass is 316 g/mol. The number of aromatic nitrogens is 4. The highest BCUT2D eigenvalue weighted by molar-refractivity contribution is 7.16. The quantitative estimate of drug-likeness (QED) is 0.759. The van der Waals surface area contributed by atoms with E-state index in [0.717, 1.165) is 10.2 Å². The first-order valence-electron chi connectivity index (χ1n) is 6.41. The maximum Gasteiger partial charge on any atom is 0.247 e. The van der Waals surface area contributed by atoms with E-state index in [2.05, 4.69) is 25.8 Å². The zero-order chi connectivity index (χ0) is 15.5. The van der Waals surface area contributed by atoms with Crippen LogP contribution in [0.4, 0.5) is 11.5 Å². The summed E-state index contributed by atoms with van der Waals surface area (Å²) in [4.78, 5) is 28.3. The molecule has 2 amide bonds. The summed E-state index contributed by atoms with van der Waals surface area (Å²) in [5.41, 5.74) is 3.26. The van der Waals surface area contributed by atoms with Gasteiger partial charge in [-0.3, -0.25) is 9.59 Å². The third kappa shape index (κ3) is 3.26. The van der Waals surface area contributed by atoms with Gasteiger partial charge in [-0.05, 0) is 18.2 Å². The minimum atomic E-state index is -0.264. The number of rotatable bonds is 4. The molecule has 2 heterocycles. The van der Waals surface area contributed by atoms with Gasteiger partial charge < -0.3 is 10.6 Å². The van der Waals surface area contributed by atoms with Crippen molar-refractivity contribution in [3.8, 4) is 0 Å². The molecular weight excluding hydrogens is 304 g/mol. The number of carbonyl (C=O) groups excluding carboxylic acids is 2. The smallest absolute Gasteiger partial charge is 0.247 e. The fraction of sp³-hybridized carbons (Fsp3) is 0.154. The van der Waals surface area contributed by atoms with Crippen LogP contribution >= 0.6 is 11.3 Å². The molecule has 9 heteroatoms. The molecule has 2 N–H and O–H groups in total. The Hall–Kier alpha value is -2.81. The van der Waals surface area contributed by atoms with Crippen LogP contribution in [0, 0.1) is 0 Å². The Morgan fingerprint density at radius 2 is 2.18 bits per heavy atom. The van der Waals surface area contributed by atoms with E-state index >= 15 is 0 Å². The van der Waals surface area contributed by atoms with Gasteiger partial charge in [-0.2, -0.15) is 9.90 Å². The van der Waals surface area contributed by atoms with Crippen LogP contribution < -0.4 is 10.6 Å². The largest absolute Gasteiger partial charge is 0.324 e. The van der Waals surface area contributed by atoms with Crippen molar-refractivity contribution in [1.29, 1.82) is 0 Å². The average molecular weight is 316 g/mol. The van der Waals surface area contributed by atoms with E-state index in [1.54, 1.807) is 16.8 Å². The van der Waals surface area contributed by atoms with Gasteiger partial charge in [0, 0.05) is 12.6 Å². The first-order valence-corrected chi connectivity index (χ1v) is 7.29. The third-order valence-corrected chi connectivity index (χ3v) is 3.55. The lowest BCUT2D eigenvalue weighted by atomic mass is 10.3. The first kappa shape index (κ1) is 14.1. The van der Waals surface area contributed by atoms with E-state index < -0.39 is 0 Å². The van der Waals surface area contributed by atoms with Gasteiger partial charge in [0.1, 0.15) is 6.54 Å². The first-order chi connectivity index (χ1) is 10.6. The predicted octanol–water partition coefficient (Wildman–Crippen LogP) is 1.48. The van der Waals surface area contributed by atoms with Gasteiger partial charge in [-0.25, -0.2) is 4.98 Å². The van der Waals surface area contributed by atoms with Crippen molar-refractivity contribution in [2.24, 2.45) is 0 Å². The van der Waals surface area contributed by atoms with E-state index in [9.17, 15) is 9.59 Å². The van der Waals surface area contributed by atoms with Gasteiger partial charge in [-0.1, -0.05) is 0 Å². The molecule has 0 bridgehead atoms. The second-order valence-electron chi connectivity index (χ2n) is 4.52. The molecule has 0 saturated carbocycles. The number of amides is 2. The predicted molar refractivity (Wildman–Crippen MR) is 82.6 cm³/mol. The Labute approximate surface area is 129 Å². The van der Waals surface area contributed by atoms with Crippen molar-refractivity contribution in [3.63, 3.8) is 0 Å². The van der Waals surface area contributed by atoms with Crippen LogP contribution in [0.1, 0.15) is 6.92 Å². The fourth-order valence-corrected chi connectivity index (χ4v) is 2.53.